The standard InChI is InChI=1S/C29H42N2O3/c1-19-12-10-8-9-11-13-26(23-14-15-25-24(18-23)30-22(4)31(25)7)34-27(32)16-17-29(5,6)28(33)21(3)20(19)2/h9,11,14-15,18-21,26H,8,10,12-13,16-17H2,1-7H3/t19-,20-,21+,26-/m0/s1. The largest absolute Gasteiger partial charge is 0.457 e. The number of cyclic esters (lactones) is 1. The van der Waals surface area contributed by atoms with E-state index in [4.69, 9.17) is 4.74 Å². The number of fused-ring (bicyclic) bond motifs is 1. The summed E-state index contributed by atoms with van der Waals surface area (Å²) in [5.41, 5.74) is 2.38. The van der Waals surface area contributed by atoms with Crippen LogP contribution < -0.4 is 0 Å². The number of carbonyl (C=O) groups excluding carboxylic acids is 2. The molecule has 0 N–H and O–H groups in total. The van der Waals surface area contributed by atoms with Crippen molar-refractivity contribution < 1.29 is 14.3 Å². The van der Waals surface area contributed by atoms with Gasteiger partial charge in [-0.3, -0.25) is 9.59 Å². The minimum absolute atomic E-state index is 0.0224. The average molecular weight is 467 g/mol. The van der Waals surface area contributed by atoms with Crippen molar-refractivity contribution in [2.24, 2.45) is 30.2 Å². The summed E-state index contributed by atoms with van der Waals surface area (Å²) in [6, 6.07) is 6.11. The molecule has 0 fully saturated rings. The highest BCUT2D eigenvalue weighted by Gasteiger charge is 2.35. The Kier molecular flexibility index (Phi) is 8.38. The molecular formula is C29H42N2O3. The van der Waals surface area contributed by atoms with Crippen molar-refractivity contribution in [1.82, 2.24) is 9.55 Å². The average Bonchev–Trinajstić information content (AvgIpc) is 3.09. The first-order chi connectivity index (χ1) is 16.0. The number of ketones is 1. The highest BCUT2D eigenvalue weighted by molar-refractivity contribution is 5.86. The lowest BCUT2D eigenvalue weighted by molar-refractivity contribution is -0.150. The highest BCUT2D eigenvalue weighted by atomic mass is 16.5. The summed E-state index contributed by atoms with van der Waals surface area (Å²) >= 11 is 0. The SMILES string of the molecule is Cc1nc2cc([C@@H]3CC=CCCC[C@H](C)[C@H](C)[C@@H](C)C(=O)C(C)(C)CCC(=O)O3)ccc2n1C. The van der Waals surface area contributed by atoms with Crippen LogP contribution in [0.4, 0.5) is 0 Å². The van der Waals surface area contributed by atoms with E-state index in [9.17, 15) is 9.59 Å². The van der Waals surface area contributed by atoms with E-state index in [0.29, 0.717) is 24.7 Å². The van der Waals surface area contributed by atoms with Gasteiger partial charge in [0.2, 0.25) is 0 Å². The molecule has 1 aliphatic rings. The Morgan fingerprint density at radius 1 is 1.12 bits per heavy atom. The van der Waals surface area contributed by atoms with E-state index in [2.05, 4.69) is 42.5 Å². The molecule has 5 heteroatoms. The van der Waals surface area contributed by atoms with Crippen molar-refractivity contribution in [2.45, 2.75) is 86.2 Å². The number of nitrogens with zero attached hydrogens (tertiary/aromatic N) is 2. The van der Waals surface area contributed by atoms with Crippen LogP contribution in [0, 0.1) is 30.1 Å². The molecule has 1 aliphatic heterocycles. The summed E-state index contributed by atoms with van der Waals surface area (Å²) in [7, 11) is 2.00. The third-order valence-electron chi connectivity index (χ3n) is 8.04. The molecule has 0 bridgehead atoms. The van der Waals surface area contributed by atoms with Crippen LogP contribution in [0.2, 0.25) is 0 Å². The first-order valence-corrected chi connectivity index (χ1v) is 12.8. The minimum Gasteiger partial charge on any atom is -0.457 e. The van der Waals surface area contributed by atoms with Gasteiger partial charge in [0.05, 0.1) is 11.0 Å². The Morgan fingerprint density at radius 2 is 1.85 bits per heavy atom. The van der Waals surface area contributed by atoms with Crippen LogP contribution in [0.5, 0.6) is 0 Å². The Bertz CT molecular complexity index is 1050. The zero-order valence-corrected chi connectivity index (χ0v) is 22.1. The van der Waals surface area contributed by atoms with Crippen LogP contribution in [0.15, 0.2) is 30.4 Å². The van der Waals surface area contributed by atoms with Gasteiger partial charge in [-0.2, -0.15) is 0 Å². The lowest BCUT2D eigenvalue weighted by Crippen LogP contribution is -2.35. The molecule has 3 rings (SSSR count). The number of aryl methyl sites for hydroxylation is 2. The van der Waals surface area contributed by atoms with Crippen molar-refractivity contribution in [1.29, 1.82) is 0 Å². The zero-order valence-electron chi connectivity index (χ0n) is 22.1. The predicted octanol–water partition coefficient (Wildman–Crippen LogP) is 6.88. The summed E-state index contributed by atoms with van der Waals surface area (Å²) in [6.07, 6.45) is 8.54. The first-order valence-electron chi connectivity index (χ1n) is 12.8. The fourth-order valence-corrected chi connectivity index (χ4v) is 5.05. The molecule has 1 aromatic carbocycles. The van der Waals surface area contributed by atoms with Gasteiger partial charge in [0.25, 0.3) is 0 Å². The van der Waals surface area contributed by atoms with Gasteiger partial charge in [-0.1, -0.05) is 59.3 Å². The minimum atomic E-state index is -0.552. The maximum Gasteiger partial charge on any atom is 0.306 e. The summed E-state index contributed by atoms with van der Waals surface area (Å²) in [4.78, 5) is 30.8. The number of Topliss-reactive ketones (excluding diaryl/α,β-unsaturated/α-hetero) is 1. The van der Waals surface area contributed by atoms with Gasteiger partial charge in [0.1, 0.15) is 17.7 Å². The summed E-state index contributed by atoms with van der Waals surface area (Å²) < 4.78 is 8.04. The van der Waals surface area contributed by atoms with E-state index in [1.165, 1.54) is 0 Å². The maximum absolute atomic E-state index is 13.3. The molecule has 0 amide bonds. The fourth-order valence-electron chi connectivity index (χ4n) is 5.05. The second-order valence-corrected chi connectivity index (χ2v) is 11.0. The lowest BCUT2D eigenvalue weighted by Gasteiger charge is -2.32. The van der Waals surface area contributed by atoms with Gasteiger partial charge in [0, 0.05) is 31.2 Å². The molecule has 2 heterocycles. The molecule has 186 valence electrons. The Labute approximate surface area is 205 Å². The number of imidazole rings is 1. The highest BCUT2D eigenvalue weighted by Crippen LogP contribution is 2.35. The number of hydrogen-bond acceptors (Lipinski definition) is 4. The van der Waals surface area contributed by atoms with Crippen LogP contribution in [0.1, 0.15) is 90.6 Å². The van der Waals surface area contributed by atoms with Crippen LogP contribution in [-0.2, 0) is 21.4 Å². The first kappa shape index (κ1) is 26.2. The summed E-state index contributed by atoms with van der Waals surface area (Å²) in [6.45, 7) is 12.4. The van der Waals surface area contributed by atoms with Gasteiger partial charge in [-0.25, -0.2) is 4.98 Å². The molecule has 4 atom stereocenters. The quantitative estimate of drug-likeness (QED) is 0.339. The Hall–Kier alpha value is -2.43. The third-order valence-corrected chi connectivity index (χ3v) is 8.04. The van der Waals surface area contributed by atoms with E-state index < -0.39 is 5.41 Å². The Balaban J connectivity index is 1.84. The van der Waals surface area contributed by atoms with Crippen LogP contribution in [-0.4, -0.2) is 21.3 Å². The third kappa shape index (κ3) is 5.97. The molecule has 0 spiro atoms. The monoisotopic (exact) mass is 466 g/mol. The van der Waals surface area contributed by atoms with Gasteiger partial charge >= 0.3 is 5.97 Å². The van der Waals surface area contributed by atoms with E-state index >= 15 is 0 Å². The maximum atomic E-state index is 13.3. The van der Waals surface area contributed by atoms with Gasteiger partial charge < -0.3 is 9.30 Å². The van der Waals surface area contributed by atoms with Crippen molar-refractivity contribution in [2.75, 3.05) is 0 Å². The smallest absolute Gasteiger partial charge is 0.306 e. The second-order valence-electron chi connectivity index (χ2n) is 11.0. The number of carbonyl (C=O) groups is 2. The van der Waals surface area contributed by atoms with E-state index in [-0.39, 0.29) is 30.2 Å². The van der Waals surface area contributed by atoms with E-state index in [1.807, 2.05) is 46.0 Å². The number of allylic oxidation sites excluding steroid dienone is 1. The number of aromatic nitrogens is 2. The molecule has 0 unspecified atom stereocenters. The number of ether oxygens (including phenoxy) is 1. The molecule has 0 aliphatic carbocycles. The number of esters is 1. The van der Waals surface area contributed by atoms with Crippen LogP contribution >= 0.6 is 0 Å². The lowest BCUT2D eigenvalue weighted by atomic mass is 9.71. The molecule has 0 saturated heterocycles. The molecular weight excluding hydrogens is 424 g/mol. The molecule has 2 aromatic rings. The van der Waals surface area contributed by atoms with Crippen molar-refractivity contribution in [3.05, 3.63) is 41.7 Å². The predicted molar refractivity (Wildman–Crippen MR) is 137 cm³/mol. The van der Waals surface area contributed by atoms with Gasteiger partial charge in [-0.15, -0.1) is 0 Å². The number of rotatable bonds is 1. The molecule has 5 nitrogen and oxygen atoms in total. The molecule has 1 aromatic heterocycles. The van der Waals surface area contributed by atoms with Crippen LogP contribution in [0.25, 0.3) is 11.0 Å². The van der Waals surface area contributed by atoms with Crippen LogP contribution in [0.3, 0.4) is 0 Å². The zero-order chi connectivity index (χ0) is 25.0. The van der Waals surface area contributed by atoms with Gasteiger partial charge in [0.15, 0.2) is 0 Å². The van der Waals surface area contributed by atoms with Crippen molar-refractivity contribution in [3.63, 3.8) is 0 Å². The number of benzene rings is 1. The summed E-state index contributed by atoms with van der Waals surface area (Å²) in [5.74, 6) is 1.74. The van der Waals surface area contributed by atoms with Crippen molar-refractivity contribution >= 4 is 22.8 Å². The molecule has 0 radical (unpaired) electrons. The fraction of sp³-hybridized carbons (Fsp3) is 0.621. The molecule has 34 heavy (non-hydrogen) atoms. The topological polar surface area (TPSA) is 61.2 Å². The summed E-state index contributed by atoms with van der Waals surface area (Å²) in [5, 5.41) is 0. The van der Waals surface area contributed by atoms with E-state index in [1.54, 1.807) is 0 Å². The Morgan fingerprint density at radius 3 is 2.59 bits per heavy atom. The molecule has 0 saturated carbocycles. The number of hydrogen-bond donors (Lipinski definition) is 0. The normalized spacial score (nSPS) is 27.6. The van der Waals surface area contributed by atoms with E-state index in [0.717, 1.165) is 41.7 Å². The van der Waals surface area contributed by atoms with Crippen molar-refractivity contribution in [3.8, 4) is 0 Å². The second kappa shape index (κ2) is 10.9. The van der Waals surface area contributed by atoms with Gasteiger partial charge in [-0.05, 0) is 55.7 Å².